The minimum atomic E-state index is 0.761. The number of rotatable bonds is 2. The van der Waals surface area contributed by atoms with E-state index in [2.05, 4.69) is 22.1 Å². The van der Waals surface area contributed by atoms with Crippen molar-refractivity contribution in [2.75, 3.05) is 33.2 Å². The molecule has 1 aliphatic heterocycles. The molecule has 4 heteroatoms. The Hall–Kier alpha value is -1.06. The van der Waals surface area contributed by atoms with Gasteiger partial charge < -0.3 is 4.90 Å². The van der Waals surface area contributed by atoms with Gasteiger partial charge in [0.1, 0.15) is 0 Å². The molecule has 0 spiro atoms. The molecule has 1 aromatic rings. The van der Waals surface area contributed by atoms with Gasteiger partial charge in [0.25, 0.3) is 0 Å². The molecule has 0 atom stereocenters. The molecule has 0 saturated carbocycles. The predicted molar refractivity (Wildman–Crippen MR) is 68.1 cm³/mol. The third-order valence-electron chi connectivity index (χ3n) is 2.72. The van der Waals surface area contributed by atoms with Crippen molar-refractivity contribution in [2.24, 2.45) is 5.10 Å². The monoisotopic (exact) mass is 237 g/mol. The highest BCUT2D eigenvalue weighted by Crippen LogP contribution is 2.08. The number of hydrazone groups is 1. The fourth-order valence-corrected chi connectivity index (χ4v) is 1.73. The average Bonchev–Trinajstić information content (AvgIpc) is 2.30. The molecule has 1 saturated heterocycles. The summed E-state index contributed by atoms with van der Waals surface area (Å²) in [5.41, 5.74) is 1.09. The quantitative estimate of drug-likeness (QED) is 0.732. The molecule has 0 bridgehead atoms. The van der Waals surface area contributed by atoms with E-state index in [0.29, 0.717) is 0 Å². The number of likely N-dealkylation sites (N-methyl/N-ethyl adjacent to an activating group) is 1. The normalized spacial score (nSPS) is 18.2. The van der Waals surface area contributed by atoms with Gasteiger partial charge in [0.15, 0.2) is 0 Å². The first-order chi connectivity index (χ1) is 7.74. The molecule has 86 valence electrons. The molecule has 16 heavy (non-hydrogen) atoms. The van der Waals surface area contributed by atoms with Crippen molar-refractivity contribution in [3.63, 3.8) is 0 Å². The number of benzene rings is 1. The Morgan fingerprint density at radius 1 is 1.12 bits per heavy atom. The highest BCUT2D eigenvalue weighted by atomic mass is 35.5. The van der Waals surface area contributed by atoms with Crippen molar-refractivity contribution < 1.29 is 0 Å². The summed E-state index contributed by atoms with van der Waals surface area (Å²) in [4.78, 5) is 2.31. The molecule has 1 heterocycles. The second-order valence-electron chi connectivity index (χ2n) is 4.05. The second-order valence-corrected chi connectivity index (χ2v) is 4.49. The number of nitrogens with zero attached hydrogens (tertiary/aromatic N) is 3. The van der Waals surface area contributed by atoms with Crippen LogP contribution in [0.4, 0.5) is 0 Å². The van der Waals surface area contributed by atoms with Crippen LogP contribution in [0.2, 0.25) is 5.02 Å². The molecule has 1 fully saturated rings. The second kappa shape index (κ2) is 5.32. The summed E-state index contributed by atoms with van der Waals surface area (Å²) >= 11 is 5.82. The molecule has 0 N–H and O–H groups in total. The highest BCUT2D eigenvalue weighted by Gasteiger charge is 2.10. The van der Waals surface area contributed by atoms with Gasteiger partial charge in [-0.25, -0.2) is 0 Å². The summed E-state index contributed by atoms with van der Waals surface area (Å²) in [6, 6.07) is 7.71. The lowest BCUT2D eigenvalue weighted by atomic mass is 10.2. The van der Waals surface area contributed by atoms with Crippen molar-refractivity contribution in [3.8, 4) is 0 Å². The Morgan fingerprint density at radius 2 is 1.75 bits per heavy atom. The lowest BCUT2D eigenvalue weighted by Gasteiger charge is -2.30. The summed E-state index contributed by atoms with van der Waals surface area (Å²) in [5.74, 6) is 0. The van der Waals surface area contributed by atoms with Gasteiger partial charge in [-0.3, -0.25) is 5.01 Å². The Kier molecular flexibility index (Phi) is 3.80. The Labute approximate surface area is 101 Å². The molecular weight excluding hydrogens is 222 g/mol. The van der Waals surface area contributed by atoms with E-state index < -0.39 is 0 Å². The van der Waals surface area contributed by atoms with Crippen molar-refractivity contribution in [2.45, 2.75) is 0 Å². The van der Waals surface area contributed by atoms with Crippen LogP contribution >= 0.6 is 11.6 Å². The van der Waals surface area contributed by atoms with Crippen LogP contribution in [0.3, 0.4) is 0 Å². The summed E-state index contributed by atoms with van der Waals surface area (Å²) in [6.07, 6.45) is 1.89. The van der Waals surface area contributed by atoms with Gasteiger partial charge in [0, 0.05) is 31.2 Å². The maximum absolute atomic E-state index is 5.82. The Morgan fingerprint density at radius 3 is 2.38 bits per heavy atom. The first-order valence-electron chi connectivity index (χ1n) is 5.47. The van der Waals surface area contributed by atoms with E-state index in [9.17, 15) is 0 Å². The van der Waals surface area contributed by atoms with E-state index >= 15 is 0 Å². The standard InChI is InChI=1S/C12H16ClN3/c1-15-6-8-16(9-7-15)14-10-11-2-4-12(13)5-3-11/h2-5,10H,6-9H2,1H3. The lowest BCUT2D eigenvalue weighted by Crippen LogP contribution is -2.41. The fraction of sp³-hybridized carbons (Fsp3) is 0.417. The first-order valence-corrected chi connectivity index (χ1v) is 5.85. The van der Waals surface area contributed by atoms with E-state index in [1.54, 1.807) is 0 Å². The van der Waals surface area contributed by atoms with Crippen LogP contribution in [-0.2, 0) is 0 Å². The van der Waals surface area contributed by atoms with Crippen LogP contribution in [0.5, 0.6) is 0 Å². The molecule has 3 nitrogen and oxygen atoms in total. The van der Waals surface area contributed by atoms with Crippen LogP contribution in [0, 0.1) is 0 Å². The zero-order chi connectivity index (χ0) is 11.4. The summed E-state index contributed by atoms with van der Waals surface area (Å²) < 4.78 is 0. The zero-order valence-electron chi connectivity index (χ0n) is 9.43. The topological polar surface area (TPSA) is 18.8 Å². The molecule has 1 aliphatic rings. The minimum absolute atomic E-state index is 0.761. The van der Waals surface area contributed by atoms with E-state index in [4.69, 9.17) is 11.6 Å². The minimum Gasteiger partial charge on any atom is -0.303 e. The van der Waals surface area contributed by atoms with Gasteiger partial charge in [0.2, 0.25) is 0 Å². The molecule has 2 rings (SSSR count). The van der Waals surface area contributed by atoms with Crippen LogP contribution in [0.15, 0.2) is 29.4 Å². The van der Waals surface area contributed by atoms with Gasteiger partial charge in [-0.1, -0.05) is 23.7 Å². The van der Waals surface area contributed by atoms with E-state index in [1.165, 1.54) is 0 Å². The Bertz CT molecular complexity index is 353. The Balaban J connectivity index is 1.91. The number of hydrogen-bond acceptors (Lipinski definition) is 3. The summed E-state index contributed by atoms with van der Waals surface area (Å²) in [7, 11) is 2.14. The number of piperazine rings is 1. The van der Waals surface area contributed by atoms with Gasteiger partial charge in [0.05, 0.1) is 6.21 Å². The maximum Gasteiger partial charge on any atom is 0.0542 e. The van der Waals surface area contributed by atoms with Crippen molar-refractivity contribution in [1.29, 1.82) is 0 Å². The van der Waals surface area contributed by atoms with Crippen molar-refractivity contribution >= 4 is 17.8 Å². The zero-order valence-corrected chi connectivity index (χ0v) is 10.2. The molecule has 0 unspecified atom stereocenters. The van der Waals surface area contributed by atoms with Gasteiger partial charge in [-0.05, 0) is 24.7 Å². The highest BCUT2D eigenvalue weighted by molar-refractivity contribution is 6.30. The maximum atomic E-state index is 5.82. The van der Waals surface area contributed by atoms with E-state index in [1.807, 2.05) is 30.5 Å². The molecular formula is C12H16ClN3. The van der Waals surface area contributed by atoms with Crippen molar-refractivity contribution in [3.05, 3.63) is 34.9 Å². The van der Waals surface area contributed by atoms with Gasteiger partial charge in [-0.15, -0.1) is 0 Å². The molecule has 0 aromatic heterocycles. The lowest BCUT2D eigenvalue weighted by molar-refractivity contribution is 0.159. The summed E-state index contributed by atoms with van der Waals surface area (Å²) in [6.45, 7) is 4.16. The van der Waals surface area contributed by atoms with E-state index in [-0.39, 0.29) is 0 Å². The molecule has 0 amide bonds. The van der Waals surface area contributed by atoms with Crippen LogP contribution in [0.25, 0.3) is 0 Å². The van der Waals surface area contributed by atoms with Crippen LogP contribution in [0.1, 0.15) is 5.56 Å². The largest absolute Gasteiger partial charge is 0.303 e. The average molecular weight is 238 g/mol. The van der Waals surface area contributed by atoms with E-state index in [0.717, 1.165) is 36.8 Å². The predicted octanol–water partition coefficient (Wildman–Crippen LogP) is 1.92. The van der Waals surface area contributed by atoms with Crippen LogP contribution < -0.4 is 0 Å². The number of hydrogen-bond donors (Lipinski definition) is 0. The molecule has 0 aliphatic carbocycles. The molecule has 1 aromatic carbocycles. The third kappa shape index (κ3) is 3.22. The van der Waals surface area contributed by atoms with Crippen molar-refractivity contribution in [1.82, 2.24) is 9.91 Å². The van der Waals surface area contributed by atoms with Gasteiger partial charge in [-0.2, -0.15) is 5.10 Å². The summed E-state index contributed by atoms with van der Waals surface area (Å²) in [5, 5.41) is 7.32. The molecule has 0 radical (unpaired) electrons. The third-order valence-corrected chi connectivity index (χ3v) is 2.97. The number of halogens is 1. The smallest absolute Gasteiger partial charge is 0.0542 e. The SMILES string of the molecule is CN1CCN(N=Cc2ccc(Cl)cc2)CC1. The van der Waals surface area contributed by atoms with Gasteiger partial charge >= 0.3 is 0 Å². The van der Waals surface area contributed by atoms with Crippen LogP contribution in [-0.4, -0.2) is 49.4 Å². The fourth-order valence-electron chi connectivity index (χ4n) is 1.61. The first kappa shape index (κ1) is 11.4.